The third kappa shape index (κ3) is 3.52. The predicted molar refractivity (Wildman–Crippen MR) is 116 cm³/mol. The molecule has 1 amide bonds. The molecule has 0 aliphatic rings. The molecule has 0 aliphatic heterocycles. The van der Waals surface area contributed by atoms with Gasteiger partial charge in [-0.15, -0.1) is 11.3 Å². The number of nitrogens with zero attached hydrogens (tertiary/aromatic N) is 2. The minimum Gasteiger partial charge on any atom is -0.325 e. The molecule has 146 valence electrons. The highest BCUT2D eigenvalue weighted by molar-refractivity contribution is 7.17. The van der Waals surface area contributed by atoms with Crippen molar-refractivity contribution in [2.75, 3.05) is 5.32 Å². The number of aryl methyl sites for hydroxylation is 2. The van der Waals surface area contributed by atoms with Crippen LogP contribution in [-0.2, 0) is 11.3 Å². The molecule has 0 bridgehead atoms. The minimum atomic E-state index is -0.535. The van der Waals surface area contributed by atoms with Gasteiger partial charge in [-0.25, -0.2) is 9.36 Å². The largest absolute Gasteiger partial charge is 0.336 e. The Balaban J connectivity index is 1.83. The fourth-order valence-electron chi connectivity index (χ4n) is 3.20. The standard InChI is InChI=1S/C22H19N3O3S/c1-14-8-9-17(12-15(14)2)25-21(27)20-18(10-11-29-20)24(22(25)28)13-19(26)23-16-6-4-3-5-7-16/h3-12H,13H2,1-2H3,(H,23,26). The lowest BCUT2D eigenvalue weighted by atomic mass is 10.1. The number of carbonyl (C=O) groups excluding carboxylic acids is 1. The molecule has 0 aliphatic carbocycles. The Morgan fingerprint density at radius 2 is 1.76 bits per heavy atom. The Morgan fingerprint density at radius 1 is 1.00 bits per heavy atom. The summed E-state index contributed by atoms with van der Waals surface area (Å²) in [5, 5.41) is 4.53. The first kappa shape index (κ1) is 18.9. The number of para-hydroxylation sites is 1. The van der Waals surface area contributed by atoms with Crippen LogP contribution in [0.2, 0.25) is 0 Å². The Bertz CT molecular complexity index is 1330. The number of aromatic nitrogens is 2. The summed E-state index contributed by atoms with van der Waals surface area (Å²) in [6, 6.07) is 16.2. The number of anilines is 1. The fourth-order valence-corrected chi connectivity index (χ4v) is 4.02. The molecule has 2 aromatic heterocycles. The van der Waals surface area contributed by atoms with Crippen molar-refractivity contribution in [3.63, 3.8) is 0 Å². The van der Waals surface area contributed by atoms with E-state index in [9.17, 15) is 14.4 Å². The second-order valence-corrected chi connectivity index (χ2v) is 7.74. The van der Waals surface area contributed by atoms with E-state index in [-0.39, 0.29) is 18.0 Å². The first-order chi connectivity index (χ1) is 14.0. The van der Waals surface area contributed by atoms with E-state index >= 15 is 0 Å². The molecule has 29 heavy (non-hydrogen) atoms. The van der Waals surface area contributed by atoms with Crippen molar-refractivity contribution in [1.29, 1.82) is 0 Å². The topological polar surface area (TPSA) is 73.1 Å². The van der Waals surface area contributed by atoms with Gasteiger partial charge >= 0.3 is 5.69 Å². The maximum Gasteiger partial charge on any atom is 0.336 e. The zero-order valence-corrected chi connectivity index (χ0v) is 16.8. The minimum absolute atomic E-state index is 0.188. The van der Waals surface area contributed by atoms with Crippen molar-refractivity contribution in [1.82, 2.24) is 9.13 Å². The molecule has 0 saturated carbocycles. The van der Waals surface area contributed by atoms with E-state index in [0.717, 1.165) is 15.7 Å². The van der Waals surface area contributed by atoms with Crippen molar-refractivity contribution >= 4 is 33.1 Å². The molecule has 4 rings (SSSR count). The first-order valence-corrected chi connectivity index (χ1v) is 9.99. The van der Waals surface area contributed by atoms with Gasteiger partial charge in [0.05, 0.1) is 11.2 Å². The molecule has 4 aromatic rings. The van der Waals surface area contributed by atoms with E-state index < -0.39 is 5.69 Å². The van der Waals surface area contributed by atoms with Crippen molar-refractivity contribution in [3.05, 3.63) is 91.9 Å². The molecule has 0 radical (unpaired) electrons. The number of benzene rings is 2. The molecule has 0 fully saturated rings. The van der Waals surface area contributed by atoms with Crippen molar-refractivity contribution < 1.29 is 4.79 Å². The van der Waals surface area contributed by atoms with Gasteiger partial charge in [-0.2, -0.15) is 0 Å². The van der Waals surface area contributed by atoms with Crippen LogP contribution in [0, 0.1) is 13.8 Å². The highest BCUT2D eigenvalue weighted by atomic mass is 32.1. The summed E-state index contributed by atoms with van der Waals surface area (Å²) in [6.45, 7) is 3.71. The molecule has 0 spiro atoms. The van der Waals surface area contributed by atoms with Gasteiger partial charge < -0.3 is 5.32 Å². The third-order valence-corrected chi connectivity index (χ3v) is 5.75. The molecule has 2 aromatic carbocycles. The SMILES string of the molecule is Cc1ccc(-n2c(=O)c3sccc3n(CC(=O)Nc3ccccc3)c2=O)cc1C. The van der Waals surface area contributed by atoms with Gasteiger partial charge in [-0.05, 0) is 60.7 Å². The average Bonchev–Trinajstić information content (AvgIpc) is 3.19. The number of hydrogen-bond acceptors (Lipinski definition) is 4. The van der Waals surface area contributed by atoms with Crippen molar-refractivity contribution in [2.24, 2.45) is 0 Å². The van der Waals surface area contributed by atoms with Crippen LogP contribution >= 0.6 is 11.3 Å². The zero-order valence-electron chi connectivity index (χ0n) is 16.0. The number of nitrogens with one attached hydrogen (secondary N) is 1. The van der Waals surface area contributed by atoms with E-state index in [2.05, 4.69) is 5.32 Å². The second kappa shape index (κ2) is 7.52. The van der Waals surface area contributed by atoms with E-state index in [1.807, 2.05) is 44.2 Å². The monoisotopic (exact) mass is 405 g/mol. The smallest absolute Gasteiger partial charge is 0.325 e. The average molecular weight is 405 g/mol. The molecular weight excluding hydrogens is 386 g/mol. The quantitative estimate of drug-likeness (QED) is 0.565. The summed E-state index contributed by atoms with van der Waals surface area (Å²) in [5.74, 6) is -0.337. The summed E-state index contributed by atoms with van der Waals surface area (Å²) in [7, 11) is 0. The van der Waals surface area contributed by atoms with Crippen LogP contribution in [0.5, 0.6) is 0 Å². The number of hydrogen-bond donors (Lipinski definition) is 1. The molecule has 1 N–H and O–H groups in total. The van der Waals surface area contributed by atoms with E-state index in [0.29, 0.717) is 21.6 Å². The molecule has 0 unspecified atom stereocenters. The Morgan fingerprint density at radius 3 is 2.48 bits per heavy atom. The van der Waals surface area contributed by atoms with Crippen LogP contribution in [0.4, 0.5) is 5.69 Å². The van der Waals surface area contributed by atoms with Gasteiger partial charge in [0.1, 0.15) is 11.2 Å². The van der Waals surface area contributed by atoms with Crippen molar-refractivity contribution in [2.45, 2.75) is 20.4 Å². The molecule has 0 atom stereocenters. The maximum absolute atomic E-state index is 13.2. The second-order valence-electron chi connectivity index (χ2n) is 6.83. The molecule has 7 heteroatoms. The van der Waals surface area contributed by atoms with Gasteiger partial charge in [-0.3, -0.25) is 14.2 Å². The first-order valence-electron chi connectivity index (χ1n) is 9.11. The Hall–Kier alpha value is -3.45. The van der Waals surface area contributed by atoms with E-state index in [4.69, 9.17) is 0 Å². The zero-order chi connectivity index (χ0) is 20.5. The summed E-state index contributed by atoms with van der Waals surface area (Å²) in [6.07, 6.45) is 0. The predicted octanol–water partition coefficient (Wildman–Crippen LogP) is 3.47. The lowest BCUT2D eigenvalue weighted by Crippen LogP contribution is -2.40. The lowest BCUT2D eigenvalue weighted by molar-refractivity contribution is -0.116. The lowest BCUT2D eigenvalue weighted by Gasteiger charge is -2.13. The van der Waals surface area contributed by atoms with Crippen LogP contribution in [0.3, 0.4) is 0 Å². The molecule has 2 heterocycles. The summed E-state index contributed by atoms with van der Waals surface area (Å²) < 4.78 is 2.93. The van der Waals surface area contributed by atoms with Crippen LogP contribution in [0.15, 0.2) is 69.6 Å². The fraction of sp³-hybridized carbons (Fsp3) is 0.136. The Labute approximate surface area is 170 Å². The normalized spacial score (nSPS) is 11.0. The number of amides is 1. The molecule has 0 saturated heterocycles. The van der Waals surface area contributed by atoms with Gasteiger partial charge in [-0.1, -0.05) is 24.3 Å². The molecule has 6 nitrogen and oxygen atoms in total. The van der Waals surface area contributed by atoms with Gasteiger partial charge in [0.2, 0.25) is 5.91 Å². The number of thiophene rings is 1. The van der Waals surface area contributed by atoms with E-state index in [1.54, 1.807) is 29.6 Å². The van der Waals surface area contributed by atoms with Crippen molar-refractivity contribution in [3.8, 4) is 5.69 Å². The van der Waals surface area contributed by atoms with Gasteiger partial charge in [0.15, 0.2) is 0 Å². The van der Waals surface area contributed by atoms with Crippen LogP contribution < -0.4 is 16.6 Å². The maximum atomic E-state index is 13.2. The highest BCUT2D eigenvalue weighted by Gasteiger charge is 2.18. The third-order valence-electron chi connectivity index (χ3n) is 4.86. The van der Waals surface area contributed by atoms with Crippen LogP contribution in [0.25, 0.3) is 15.9 Å². The summed E-state index contributed by atoms with van der Waals surface area (Å²) in [4.78, 5) is 38.8. The van der Waals surface area contributed by atoms with E-state index in [1.165, 1.54) is 15.9 Å². The summed E-state index contributed by atoms with van der Waals surface area (Å²) in [5.41, 5.74) is 2.75. The number of carbonyl (C=O) groups is 1. The highest BCUT2D eigenvalue weighted by Crippen LogP contribution is 2.18. The number of fused-ring (bicyclic) bond motifs is 1. The summed E-state index contributed by atoms with van der Waals surface area (Å²) >= 11 is 1.26. The van der Waals surface area contributed by atoms with Gasteiger partial charge in [0, 0.05) is 5.69 Å². The number of rotatable bonds is 4. The van der Waals surface area contributed by atoms with Gasteiger partial charge in [0.25, 0.3) is 5.56 Å². The van der Waals surface area contributed by atoms with Crippen LogP contribution in [0.1, 0.15) is 11.1 Å². The van der Waals surface area contributed by atoms with Crippen LogP contribution in [-0.4, -0.2) is 15.0 Å². The molecular formula is C22H19N3O3S. The Kier molecular flexibility index (Phi) is 4.90.